The molecule has 35 heavy (non-hydrogen) atoms. The Labute approximate surface area is 205 Å². The molecule has 0 radical (unpaired) electrons. The minimum Gasteiger partial charge on any atom is -0.371 e. The first-order chi connectivity index (χ1) is 16.8. The molecule has 1 aliphatic heterocycles. The van der Waals surface area contributed by atoms with Crippen LogP contribution in [0.25, 0.3) is 10.8 Å². The molecule has 0 bridgehead atoms. The minimum atomic E-state index is -3.89. The molecule has 1 fully saturated rings. The van der Waals surface area contributed by atoms with Crippen molar-refractivity contribution in [2.45, 2.75) is 31.1 Å². The first kappa shape index (κ1) is 24.6. The number of benzene rings is 2. The molecule has 0 saturated carbocycles. The van der Waals surface area contributed by atoms with Crippen molar-refractivity contribution in [1.29, 1.82) is 0 Å². The average molecular weight is 496 g/mol. The maximum absolute atomic E-state index is 12.9. The predicted octanol–water partition coefficient (Wildman–Crippen LogP) is 3.44. The van der Waals surface area contributed by atoms with E-state index < -0.39 is 15.9 Å². The predicted molar refractivity (Wildman–Crippen MR) is 137 cm³/mol. The zero-order chi connectivity index (χ0) is 25.0. The molecule has 9 nitrogen and oxygen atoms in total. The largest absolute Gasteiger partial charge is 0.371 e. The summed E-state index contributed by atoms with van der Waals surface area (Å²) in [6, 6.07) is 11.6. The third-order valence-electron chi connectivity index (χ3n) is 6.02. The van der Waals surface area contributed by atoms with Crippen LogP contribution >= 0.6 is 0 Å². The van der Waals surface area contributed by atoms with Crippen LogP contribution in [-0.4, -0.2) is 56.2 Å². The van der Waals surface area contributed by atoms with Gasteiger partial charge in [0.15, 0.2) is 0 Å². The molecule has 0 spiro atoms. The number of carbonyl (C=O) groups excluding carboxylic acids is 2. The number of hydrogen-bond donors (Lipinski definition) is 2. The van der Waals surface area contributed by atoms with E-state index in [1.54, 1.807) is 12.4 Å². The Bertz CT molecular complexity index is 1340. The minimum absolute atomic E-state index is 0.0300. The van der Waals surface area contributed by atoms with Gasteiger partial charge in [0.05, 0.1) is 17.1 Å². The van der Waals surface area contributed by atoms with E-state index in [-0.39, 0.29) is 17.3 Å². The number of pyridine rings is 1. The third kappa shape index (κ3) is 5.60. The molecule has 1 aliphatic rings. The SMILES string of the molecule is CC(=O)Nc1ccc(S(=O)(=O)N(C)CC(=O)Nc2ccc(N3CCCCC3)c3ccncc23)cc1. The first-order valence-electron chi connectivity index (χ1n) is 11.5. The summed E-state index contributed by atoms with van der Waals surface area (Å²) in [5.41, 5.74) is 2.19. The number of fused-ring (bicyclic) bond motifs is 1. The number of anilines is 3. The molecule has 2 amide bonds. The number of carbonyl (C=O) groups is 2. The topological polar surface area (TPSA) is 112 Å². The van der Waals surface area contributed by atoms with Crippen LogP contribution in [0, 0.1) is 0 Å². The van der Waals surface area contributed by atoms with E-state index in [2.05, 4.69) is 20.5 Å². The van der Waals surface area contributed by atoms with Gasteiger partial charge in [-0.15, -0.1) is 0 Å². The number of nitrogens with zero attached hydrogens (tertiary/aromatic N) is 3. The van der Waals surface area contributed by atoms with Crippen LogP contribution in [0.4, 0.5) is 17.1 Å². The van der Waals surface area contributed by atoms with E-state index in [1.807, 2.05) is 18.2 Å². The summed E-state index contributed by atoms with van der Waals surface area (Å²) in [7, 11) is -2.54. The average Bonchev–Trinajstić information content (AvgIpc) is 2.84. The molecule has 2 heterocycles. The van der Waals surface area contributed by atoms with Crippen molar-refractivity contribution in [1.82, 2.24) is 9.29 Å². The number of nitrogens with one attached hydrogen (secondary N) is 2. The van der Waals surface area contributed by atoms with Crippen molar-refractivity contribution in [3.8, 4) is 0 Å². The fourth-order valence-electron chi connectivity index (χ4n) is 4.26. The Hall–Kier alpha value is -3.50. The molecular weight excluding hydrogens is 466 g/mol. The number of rotatable bonds is 7. The van der Waals surface area contributed by atoms with Crippen molar-refractivity contribution in [3.63, 3.8) is 0 Å². The Morgan fingerprint density at radius 2 is 1.69 bits per heavy atom. The Balaban J connectivity index is 1.49. The molecule has 10 heteroatoms. The van der Waals surface area contributed by atoms with Crippen molar-refractivity contribution in [3.05, 3.63) is 54.9 Å². The highest BCUT2D eigenvalue weighted by molar-refractivity contribution is 7.89. The molecular formula is C25H29N5O4S. The molecule has 2 N–H and O–H groups in total. The summed E-state index contributed by atoms with van der Waals surface area (Å²) >= 11 is 0. The molecule has 2 aromatic carbocycles. The van der Waals surface area contributed by atoms with Crippen molar-refractivity contribution >= 4 is 49.7 Å². The summed E-state index contributed by atoms with van der Waals surface area (Å²) in [4.78, 5) is 30.6. The number of likely N-dealkylation sites (N-methyl/N-ethyl adjacent to an activating group) is 1. The van der Waals surface area contributed by atoms with E-state index in [4.69, 9.17) is 0 Å². The molecule has 184 valence electrons. The molecule has 3 aromatic rings. The number of hydrogen-bond acceptors (Lipinski definition) is 6. The maximum atomic E-state index is 12.9. The van der Waals surface area contributed by atoms with Crippen LogP contribution in [0.1, 0.15) is 26.2 Å². The zero-order valence-electron chi connectivity index (χ0n) is 19.8. The normalized spacial score (nSPS) is 14.2. The number of piperidine rings is 1. The van der Waals surface area contributed by atoms with Crippen LogP contribution in [-0.2, 0) is 19.6 Å². The van der Waals surface area contributed by atoms with E-state index in [0.29, 0.717) is 11.4 Å². The van der Waals surface area contributed by atoms with Crippen molar-refractivity contribution in [2.24, 2.45) is 0 Å². The van der Waals surface area contributed by atoms with Crippen LogP contribution in [0.15, 0.2) is 59.8 Å². The molecule has 0 unspecified atom stereocenters. The van der Waals surface area contributed by atoms with Gasteiger partial charge in [0.1, 0.15) is 0 Å². The molecule has 0 aliphatic carbocycles. The van der Waals surface area contributed by atoms with Crippen LogP contribution in [0.2, 0.25) is 0 Å². The van der Waals surface area contributed by atoms with E-state index in [1.165, 1.54) is 44.7 Å². The molecule has 4 rings (SSSR count). The highest BCUT2D eigenvalue weighted by Crippen LogP contribution is 2.33. The van der Waals surface area contributed by atoms with E-state index in [9.17, 15) is 18.0 Å². The van der Waals surface area contributed by atoms with Crippen LogP contribution < -0.4 is 15.5 Å². The number of sulfonamides is 1. The standard InChI is InChI=1S/C25H29N5O4S/c1-18(31)27-19-6-8-20(9-7-19)35(33,34)29(2)17-25(32)28-23-10-11-24(30-14-4-3-5-15-30)21-12-13-26-16-22(21)23/h6-13,16H,3-5,14-15,17H2,1-2H3,(H,27,31)(H,28,32). The lowest BCUT2D eigenvalue weighted by molar-refractivity contribution is -0.116. The van der Waals surface area contributed by atoms with E-state index in [0.717, 1.165) is 46.7 Å². The summed E-state index contributed by atoms with van der Waals surface area (Å²) in [6.07, 6.45) is 7.00. The van der Waals surface area contributed by atoms with Crippen molar-refractivity contribution < 1.29 is 18.0 Å². The lowest BCUT2D eigenvalue weighted by atomic mass is 10.1. The van der Waals surface area contributed by atoms with Gasteiger partial charge in [0.25, 0.3) is 0 Å². The molecule has 1 saturated heterocycles. The van der Waals surface area contributed by atoms with Gasteiger partial charge in [-0.25, -0.2) is 8.42 Å². The van der Waals surface area contributed by atoms with Gasteiger partial charge in [-0.05, 0) is 61.7 Å². The Morgan fingerprint density at radius 1 is 0.971 bits per heavy atom. The lowest BCUT2D eigenvalue weighted by Crippen LogP contribution is -2.35. The highest BCUT2D eigenvalue weighted by Gasteiger charge is 2.24. The smallest absolute Gasteiger partial charge is 0.243 e. The van der Waals surface area contributed by atoms with Crippen LogP contribution in [0.5, 0.6) is 0 Å². The quantitative estimate of drug-likeness (QED) is 0.519. The van der Waals surface area contributed by atoms with Gasteiger partial charge in [-0.2, -0.15) is 4.31 Å². The second-order valence-electron chi connectivity index (χ2n) is 8.62. The monoisotopic (exact) mass is 495 g/mol. The fraction of sp³-hybridized carbons (Fsp3) is 0.320. The van der Waals surface area contributed by atoms with Crippen molar-refractivity contribution in [2.75, 3.05) is 42.2 Å². The molecule has 0 atom stereocenters. The first-order valence-corrected chi connectivity index (χ1v) is 13.0. The van der Waals surface area contributed by atoms with Gasteiger partial charge in [-0.3, -0.25) is 14.6 Å². The van der Waals surface area contributed by atoms with Crippen LogP contribution in [0.3, 0.4) is 0 Å². The highest BCUT2D eigenvalue weighted by atomic mass is 32.2. The number of amides is 2. The maximum Gasteiger partial charge on any atom is 0.243 e. The van der Waals surface area contributed by atoms with Gasteiger partial charge >= 0.3 is 0 Å². The summed E-state index contributed by atoms with van der Waals surface area (Å²) in [6.45, 7) is 3.01. The van der Waals surface area contributed by atoms with Gasteiger partial charge in [0.2, 0.25) is 21.8 Å². The lowest BCUT2D eigenvalue weighted by Gasteiger charge is -2.30. The number of aromatic nitrogens is 1. The zero-order valence-corrected chi connectivity index (χ0v) is 20.6. The van der Waals surface area contributed by atoms with Gasteiger partial charge in [0, 0.05) is 61.6 Å². The Morgan fingerprint density at radius 3 is 2.37 bits per heavy atom. The Kier molecular flexibility index (Phi) is 7.32. The fourth-order valence-corrected chi connectivity index (χ4v) is 5.39. The summed E-state index contributed by atoms with van der Waals surface area (Å²) in [5, 5.41) is 7.25. The second-order valence-corrected chi connectivity index (χ2v) is 10.7. The molecule has 1 aromatic heterocycles. The van der Waals surface area contributed by atoms with Gasteiger partial charge < -0.3 is 15.5 Å². The third-order valence-corrected chi connectivity index (χ3v) is 7.83. The van der Waals surface area contributed by atoms with Gasteiger partial charge in [-0.1, -0.05) is 0 Å². The summed E-state index contributed by atoms with van der Waals surface area (Å²) < 4.78 is 26.9. The van der Waals surface area contributed by atoms with E-state index >= 15 is 0 Å². The summed E-state index contributed by atoms with van der Waals surface area (Å²) in [5.74, 6) is -0.706. The second kappa shape index (κ2) is 10.4.